The van der Waals surface area contributed by atoms with Crippen LogP contribution in [0.4, 0.5) is 0 Å². The van der Waals surface area contributed by atoms with E-state index in [1.54, 1.807) is 12.1 Å². The summed E-state index contributed by atoms with van der Waals surface area (Å²) in [7, 11) is 0. The van der Waals surface area contributed by atoms with Crippen molar-refractivity contribution in [3.8, 4) is 12.8 Å². The van der Waals surface area contributed by atoms with Crippen molar-refractivity contribution in [1.82, 2.24) is 10.2 Å². The standard InChI is InChI=1S/C15H14N2O3.C2H6.C2H2/c1-8-4-3-5-10-13(8)9(2)17(15(10)20)11-6-7-12(18)16-14(11)19;2*1-2/h3-5,11H,1,6-7H2,2H3,(H,16,18,19);1-2H3;1-2H. The van der Waals surface area contributed by atoms with Crippen LogP contribution in [0.3, 0.4) is 0 Å². The predicted octanol–water partition coefficient (Wildman–Crippen LogP) is 0.762. The summed E-state index contributed by atoms with van der Waals surface area (Å²) in [4.78, 5) is 37.2. The Morgan fingerprint density at radius 2 is 1.83 bits per heavy atom. The van der Waals surface area contributed by atoms with Gasteiger partial charge in [-0.3, -0.25) is 24.6 Å². The second-order valence-corrected chi connectivity index (χ2v) is 5.07. The minimum absolute atomic E-state index is 0.197. The molecule has 1 saturated heterocycles. The summed E-state index contributed by atoms with van der Waals surface area (Å²) in [5.41, 5.74) is 1.30. The van der Waals surface area contributed by atoms with Gasteiger partial charge in [0.15, 0.2) is 0 Å². The molecule has 2 aliphatic heterocycles. The largest absolute Gasteiger partial charge is 0.299 e. The van der Waals surface area contributed by atoms with E-state index >= 15 is 0 Å². The molecule has 24 heavy (non-hydrogen) atoms. The van der Waals surface area contributed by atoms with Crippen molar-refractivity contribution < 1.29 is 14.4 Å². The van der Waals surface area contributed by atoms with Crippen LogP contribution in [0.1, 0.15) is 44.0 Å². The first-order valence-corrected chi connectivity index (χ1v) is 7.80. The quantitative estimate of drug-likeness (QED) is 0.612. The summed E-state index contributed by atoms with van der Waals surface area (Å²) < 4.78 is 0. The van der Waals surface area contributed by atoms with Crippen LogP contribution in [0.5, 0.6) is 0 Å². The van der Waals surface area contributed by atoms with Gasteiger partial charge in [-0.1, -0.05) is 32.6 Å². The van der Waals surface area contributed by atoms with Crippen LogP contribution in [-0.2, 0) is 9.59 Å². The van der Waals surface area contributed by atoms with Gasteiger partial charge in [0.1, 0.15) is 6.04 Å². The van der Waals surface area contributed by atoms with Gasteiger partial charge in [-0.2, -0.15) is 0 Å². The molecule has 1 aromatic rings. The highest BCUT2D eigenvalue weighted by Crippen LogP contribution is 2.23. The van der Waals surface area contributed by atoms with Crippen LogP contribution < -0.4 is 15.8 Å². The molecule has 1 fully saturated rings. The van der Waals surface area contributed by atoms with E-state index in [4.69, 9.17) is 0 Å². The van der Waals surface area contributed by atoms with Crippen LogP contribution in [0.25, 0.3) is 12.3 Å². The first-order valence-electron chi connectivity index (χ1n) is 7.80. The fourth-order valence-electron chi connectivity index (χ4n) is 2.91. The predicted molar refractivity (Wildman–Crippen MR) is 93.9 cm³/mol. The zero-order valence-electron chi connectivity index (χ0n) is 14.3. The summed E-state index contributed by atoms with van der Waals surface area (Å²) in [6.45, 7) is 9.74. The van der Waals surface area contributed by atoms with E-state index in [0.717, 1.165) is 16.1 Å². The molecule has 0 radical (unpaired) electrons. The third-order valence-electron chi connectivity index (χ3n) is 3.84. The number of piperidine rings is 1. The van der Waals surface area contributed by atoms with Gasteiger partial charge in [0, 0.05) is 22.9 Å². The molecule has 3 amide bonds. The lowest BCUT2D eigenvalue weighted by atomic mass is 10.0. The number of nitrogens with one attached hydrogen (secondary N) is 1. The van der Waals surface area contributed by atoms with Gasteiger partial charge in [-0.15, -0.1) is 12.8 Å². The maximum atomic E-state index is 12.5. The molecule has 3 rings (SSSR count). The molecule has 5 nitrogen and oxygen atoms in total. The number of rotatable bonds is 1. The van der Waals surface area contributed by atoms with Gasteiger partial charge in [0.2, 0.25) is 11.8 Å². The summed E-state index contributed by atoms with van der Waals surface area (Å²) in [5, 5.41) is 3.85. The van der Waals surface area contributed by atoms with Gasteiger partial charge in [0.25, 0.3) is 5.91 Å². The van der Waals surface area contributed by atoms with Crippen LogP contribution in [0.2, 0.25) is 0 Å². The molecule has 2 heterocycles. The number of fused-ring (bicyclic) bond motifs is 1. The fourth-order valence-corrected chi connectivity index (χ4v) is 2.91. The van der Waals surface area contributed by atoms with E-state index in [1.165, 1.54) is 4.90 Å². The molecule has 0 spiro atoms. The lowest BCUT2D eigenvalue weighted by molar-refractivity contribution is -0.136. The number of benzene rings is 1. The zero-order chi connectivity index (χ0) is 18.4. The highest BCUT2D eigenvalue weighted by molar-refractivity contribution is 6.08. The van der Waals surface area contributed by atoms with E-state index in [-0.39, 0.29) is 18.2 Å². The van der Waals surface area contributed by atoms with E-state index in [9.17, 15) is 14.4 Å². The number of carbonyl (C=O) groups excluding carboxylic acids is 3. The van der Waals surface area contributed by atoms with Crippen LogP contribution in [0, 0.1) is 12.8 Å². The lowest BCUT2D eigenvalue weighted by Crippen LogP contribution is -2.52. The zero-order valence-corrected chi connectivity index (χ0v) is 14.3. The molecule has 0 saturated carbocycles. The number of terminal acetylenes is 1. The topological polar surface area (TPSA) is 66.5 Å². The molecule has 0 bridgehead atoms. The van der Waals surface area contributed by atoms with Crippen molar-refractivity contribution in [1.29, 1.82) is 0 Å². The number of hydrogen-bond acceptors (Lipinski definition) is 3. The number of amides is 3. The molecule has 126 valence electrons. The van der Waals surface area contributed by atoms with Gasteiger partial charge in [-0.05, 0) is 24.6 Å². The summed E-state index contributed by atoms with van der Waals surface area (Å²) in [5.74, 6) is -0.893. The van der Waals surface area contributed by atoms with Crippen molar-refractivity contribution in [2.24, 2.45) is 0 Å². The van der Waals surface area contributed by atoms with Gasteiger partial charge >= 0.3 is 0 Å². The normalized spacial score (nSPS) is 18.7. The highest BCUT2D eigenvalue weighted by Gasteiger charge is 2.39. The minimum Gasteiger partial charge on any atom is -0.299 e. The third kappa shape index (κ3) is 3.23. The van der Waals surface area contributed by atoms with Crippen molar-refractivity contribution in [2.75, 3.05) is 0 Å². The summed E-state index contributed by atoms with van der Waals surface area (Å²) >= 11 is 0. The lowest BCUT2D eigenvalue weighted by Gasteiger charge is -2.30. The Labute approximate surface area is 142 Å². The molecule has 1 aromatic carbocycles. The first-order chi connectivity index (χ1) is 11.5. The number of hydrogen-bond donors (Lipinski definition) is 1. The van der Waals surface area contributed by atoms with Gasteiger partial charge in [0.05, 0.1) is 0 Å². The summed E-state index contributed by atoms with van der Waals surface area (Å²) in [6.07, 6.45) is 8.61. The third-order valence-corrected chi connectivity index (χ3v) is 3.84. The molecule has 1 N–H and O–H groups in total. The monoisotopic (exact) mass is 326 g/mol. The van der Waals surface area contributed by atoms with E-state index in [0.29, 0.717) is 12.0 Å². The number of imide groups is 1. The van der Waals surface area contributed by atoms with Gasteiger partial charge in [-0.25, -0.2) is 0 Å². The maximum absolute atomic E-state index is 12.5. The van der Waals surface area contributed by atoms with E-state index in [1.807, 2.05) is 26.8 Å². The van der Waals surface area contributed by atoms with Crippen molar-refractivity contribution >= 4 is 30.0 Å². The second-order valence-electron chi connectivity index (χ2n) is 5.07. The van der Waals surface area contributed by atoms with Crippen molar-refractivity contribution in [3.05, 3.63) is 34.2 Å². The second kappa shape index (κ2) is 8.11. The molecule has 0 aliphatic carbocycles. The minimum atomic E-state index is -0.619. The Hall–Kier alpha value is -2.87. The molecule has 0 aromatic heterocycles. The Bertz CT molecular complexity index is 793. The first kappa shape index (κ1) is 19.2. The molecular formula is C19H22N2O3. The van der Waals surface area contributed by atoms with Crippen LogP contribution >= 0.6 is 0 Å². The Morgan fingerprint density at radius 1 is 1.21 bits per heavy atom. The molecular weight excluding hydrogens is 304 g/mol. The van der Waals surface area contributed by atoms with Gasteiger partial charge < -0.3 is 0 Å². The molecule has 5 heteroatoms. The van der Waals surface area contributed by atoms with Crippen molar-refractivity contribution in [3.63, 3.8) is 0 Å². The maximum Gasteiger partial charge on any atom is 0.259 e. The Kier molecular flexibility index (Phi) is 6.48. The van der Waals surface area contributed by atoms with Crippen LogP contribution in [0.15, 0.2) is 18.2 Å². The van der Waals surface area contributed by atoms with Crippen molar-refractivity contribution in [2.45, 2.75) is 39.7 Å². The molecule has 1 unspecified atom stereocenters. The molecule has 2 aliphatic rings. The number of carbonyl (C=O) groups is 3. The smallest absolute Gasteiger partial charge is 0.259 e. The number of nitrogens with zero attached hydrogens (tertiary/aromatic N) is 1. The average molecular weight is 326 g/mol. The fraction of sp³-hybridized carbons (Fsp3) is 0.316. The van der Waals surface area contributed by atoms with E-state index in [2.05, 4.69) is 24.7 Å². The highest BCUT2D eigenvalue weighted by atomic mass is 16.2. The van der Waals surface area contributed by atoms with Crippen LogP contribution in [-0.4, -0.2) is 28.7 Å². The SMILES string of the molecule is C#C.C=c1cccc2c1=C(C)N(C1CCC(=O)NC1=O)C2=O.CC. The van der Waals surface area contributed by atoms with E-state index < -0.39 is 11.9 Å². The Morgan fingerprint density at radius 3 is 2.38 bits per heavy atom. The average Bonchev–Trinajstić information content (AvgIpc) is 2.84. The Balaban J connectivity index is 0.000000671. The molecule has 1 atom stereocenters. The summed E-state index contributed by atoms with van der Waals surface area (Å²) in [6, 6.07) is 4.73.